The van der Waals surface area contributed by atoms with Crippen LogP contribution in [-0.4, -0.2) is 43.6 Å². The third-order valence-corrected chi connectivity index (χ3v) is 4.53. The molecule has 1 atom stereocenters. The van der Waals surface area contributed by atoms with Crippen molar-refractivity contribution in [1.29, 1.82) is 5.26 Å². The van der Waals surface area contributed by atoms with Gasteiger partial charge >= 0.3 is 0 Å². The topological polar surface area (TPSA) is 65.4 Å². The monoisotopic (exact) mass is 349 g/mol. The Hall–Kier alpha value is -2.68. The summed E-state index contributed by atoms with van der Waals surface area (Å²) in [5, 5.41) is 11.7. The quantitative estimate of drug-likeness (QED) is 0.815. The standard InChI is InChI=1S/C21H23N3O2/c22-15-17-7-9-19(10-8-17)21(25)23-11-4-12-24-13-14-26-20(16-24)18-5-2-1-3-6-18/h1-3,5-10,20H,4,11-14,16H2,(H,23,25). The molecule has 0 spiro atoms. The molecule has 1 heterocycles. The van der Waals surface area contributed by atoms with Crippen LogP contribution in [0.1, 0.15) is 34.0 Å². The molecule has 5 heteroatoms. The van der Waals surface area contributed by atoms with Crippen molar-refractivity contribution in [3.8, 4) is 6.07 Å². The van der Waals surface area contributed by atoms with Crippen molar-refractivity contribution < 1.29 is 9.53 Å². The zero-order chi connectivity index (χ0) is 18.2. The average Bonchev–Trinajstić information content (AvgIpc) is 2.72. The van der Waals surface area contributed by atoms with E-state index in [2.05, 4.69) is 22.3 Å². The summed E-state index contributed by atoms with van der Waals surface area (Å²) in [5.74, 6) is -0.0985. The van der Waals surface area contributed by atoms with Crippen LogP contribution >= 0.6 is 0 Å². The molecular formula is C21H23N3O2. The fourth-order valence-electron chi connectivity index (χ4n) is 3.08. The number of nitriles is 1. The number of hydrogen-bond acceptors (Lipinski definition) is 4. The van der Waals surface area contributed by atoms with E-state index in [1.54, 1.807) is 24.3 Å². The van der Waals surface area contributed by atoms with E-state index in [9.17, 15) is 4.79 Å². The summed E-state index contributed by atoms with van der Waals surface area (Å²) in [4.78, 5) is 14.5. The fourth-order valence-corrected chi connectivity index (χ4v) is 3.08. The number of nitrogens with one attached hydrogen (secondary N) is 1. The van der Waals surface area contributed by atoms with E-state index >= 15 is 0 Å². The first-order valence-electron chi connectivity index (χ1n) is 8.93. The van der Waals surface area contributed by atoms with Crippen LogP contribution in [-0.2, 0) is 4.74 Å². The molecule has 1 fully saturated rings. The molecule has 1 amide bonds. The van der Waals surface area contributed by atoms with Gasteiger partial charge in [0.2, 0.25) is 0 Å². The van der Waals surface area contributed by atoms with Crippen molar-refractivity contribution in [2.75, 3.05) is 32.8 Å². The van der Waals surface area contributed by atoms with Gasteiger partial charge in [0.1, 0.15) is 0 Å². The van der Waals surface area contributed by atoms with Gasteiger partial charge in [0.05, 0.1) is 24.3 Å². The molecule has 3 rings (SSSR count). The third kappa shape index (κ3) is 4.92. The minimum Gasteiger partial charge on any atom is -0.371 e. The Balaban J connectivity index is 1.40. The van der Waals surface area contributed by atoms with Gasteiger partial charge in [-0.25, -0.2) is 0 Å². The lowest BCUT2D eigenvalue weighted by Crippen LogP contribution is -2.39. The molecule has 0 radical (unpaired) electrons. The van der Waals surface area contributed by atoms with Crippen molar-refractivity contribution in [2.24, 2.45) is 0 Å². The number of amides is 1. The second kappa shape index (κ2) is 9.14. The summed E-state index contributed by atoms with van der Waals surface area (Å²) in [6.07, 6.45) is 1.02. The second-order valence-corrected chi connectivity index (χ2v) is 6.37. The minimum absolute atomic E-state index is 0.0985. The Bertz CT molecular complexity index is 753. The molecule has 0 aliphatic carbocycles. The molecule has 0 aromatic heterocycles. The summed E-state index contributed by atoms with van der Waals surface area (Å²) >= 11 is 0. The van der Waals surface area contributed by atoms with Gasteiger partial charge < -0.3 is 10.1 Å². The van der Waals surface area contributed by atoms with Crippen LogP contribution in [0.5, 0.6) is 0 Å². The number of rotatable bonds is 6. The van der Waals surface area contributed by atoms with Gasteiger partial charge in [-0.05, 0) is 36.2 Å². The molecule has 2 aromatic rings. The number of morpholine rings is 1. The number of ether oxygens (including phenoxy) is 1. The van der Waals surface area contributed by atoms with E-state index in [1.807, 2.05) is 24.3 Å². The number of hydrogen-bond donors (Lipinski definition) is 1. The first-order valence-corrected chi connectivity index (χ1v) is 8.93. The van der Waals surface area contributed by atoms with E-state index in [1.165, 1.54) is 5.56 Å². The van der Waals surface area contributed by atoms with Gasteiger partial charge in [-0.15, -0.1) is 0 Å². The van der Waals surface area contributed by atoms with E-state index in [0.29, 0.717) is 17.7 Å². The SMILES string of the molecule is N#Cc1ccc(C(=O)NCCCN2CCOC(c3ccccc3)C2)cc1. The van der Waals surface area contributed by atoms with Gasteiger partial charge in [0.15, 0.2) is 0 Å². The maximum Gasteiger partial charge on any atom is 0.251 e. The van der Waals surface area contributed by atoms with E-state index in [4.69, 9.17) is 10.00 Å². The van der Waals surface area contributed by atoms with E-state index < -0.39 is 0 Å². The molecule has 26 heavy (non-hydrogen) atoms. The van der Waals surface area contributed by atoms with Gasteiger partial charge in [0.25, 0.3) is 5.91 Å². The van der Waals surface area contributed by atoms with Gasteiger partial charge in [-0.1, -0.05) is 30.3 Å². The lowest BCUT2D eigenvalue weighted by atomic mass is 10.1. The molecule has 1 saturated heterocycles. The highest BCUT2D eigenvalue weighted by molar-refractivity contribution is 5.94. The number of nitrogens with zero attached hydrogens (tertiary/aromatic N) is 2. The van der Waals surface area contributed by atoms with Crippen LogP contribution < -0.4 is 5.32 Å². The minimum atomic E-state index is -0.0985. The molecule has 5 nitrogen and oxygen atoms in total. The average molecular weight is 349 g/mol. The Morgan fingerprint density at radius 2 is 1.96 bits per heavy atom. The first-order chi connectivity index (χ1) is 12.8. The molecule has 0 saturated carbocycles. The molecular weight excluding hydrogens is 326 g/mol. The molecule has 2 aromatic carbocycles. The summed E-state index contributed by atoms with van der Waals surface area (Å²) in [5.41, 5.74) is 2.35. The van der Waals surface area contributed by atoms with Gasteiger partial charge in [0, 0.05) is 31.7 Å². The predicted molar refractivity (Wildman–Crippen MR) is 99.7 cm³/mol. The van der Waals surface area contributed by atoms with E-state index in [0.717, 1.165) is 32.7 Å². The number of carbonyl (C=O) groups is 1. The molecule has 134 valence electrons. The highest BCUT2D eigenvalue weighted by Gasteiger charge is 2.21. The lowest BCUT2D eigenvalue weighted by molar-refractivity contribution is -0.0301. The summed E-state index contributed by atoms with van der Waals surface area (Å²) in [7, 11) is 0. The molecule has 0 bridgehead atoms. The maximum absolute atomic E-state index is 12.1. The van der Waals surface area contributed by atoms with Gasteiger partial charge in [-0.3, -0.25) is 9.69 Å². The van der Waals surface area contributed by atoms with Crippen molar-refractivity contribution >= 4 is 5.91 Å². The molecule has 1 aliphatic heterocycles. The first kappa shape index (κ1) is 18.1. The van der Waals surface area contributed by atoms with Gasteiger partial charge in [-0.2, -0.15) is 5.26 Å². The summed E-state index contributed by atoms with van der Waals surface area (Å²) in [6, 6.07) is 19.0. The molecule has 1 aliphatic rings. The van der Waals surface area contributed by atoms with Crippen molar-refractivity contribution in [3.05, 3.63) is 71.3 Å². The predicted octanol–water partition coefficient (Wildman–Crippen LogP) is 2.75. The Morgan fingerprint density at radius 1 is 1.19 bits per heavy atom. The smallest absolute Gasteiger partial charge is 0.251 e. The third-order valence-electron chi connectivity index (χ3n) is 4.53. The van der Waals surface area contributed by atoms with Crippen LogP contribution in [0.2, 0.25) is 0 Å². The fraction of sp³-hybridized carbons (Fsp3) is 0.333. The van der Waals surface area contributed by atoms with Crippen molar-refractivity contribution in [1.82, 2.24) is 10.2 Å². The maximum atomic E-state index is 12.1. The van der Waals surface area contributed by atoms with Crippen LogP contribution in [0.3, 0.4) is 0 Å². The van der Waals surface area contributed by atoms with Crippen LogP contribution in [0.25, 0.3) is 0 Å². The van der Waals surface area contributed by atoms with Crippen LogP contribution in [0.4, 0.5) is 0 Å². The molecule has 1 unspecified atom stereocenters. The number of benzene rings is 2. The van der Waals surface area contributed by atoms with Crippen molar-refractivity contribution in [3.63, 3.8) is 0 Å². The second-order valence-electron chi connectivity index (χ2n) is 6.37. The summed E-state index contributed by atoms with van der Waals surface area (Å²) in [6.45, 7) is 4.10. The normalized spacial score (nSPS) is 17.4. The Morgan fingerprint density at radius 3 is 2.69 bits per heavy atom. The Labute approximate surface area is 154 Å². The Kier molecular flexibility index (Phi) is 6.37. The van der Waals surface area contributed by atoms with Crippen molar-refractivity contribution in [2.45, 2.75) is 12.5 Å². The largest absolute Gasteiger partial charge is 0.371 e. The van der Waals surface area contributed by atoms with E-state index in [-0.39, 0.29) is 12.0 Å². The molecule has 1 N–H and O–H groups in total. The number of carbonyl (C=O) groups excluding carboxylic acids is 1. The summed E-state index contributed by atoms with van der Waals surface area (Å²) < 4.78 is 5.88. The van der Waals surface area contributed by atoms with Crippen LogP contribution in [0, 0.1) is 11.3 Å². The van der Waals surface area contributed by atoms with Crippen LogP contribution in [0.15, 0.2) is 54.6 Å². The lowest BCUT2D eigenvalue weighted by Gasteiger charge is -2.33. The zero-order valence-electron chi connectivity index (χ0n) is 14.7. The highest BCUT2D eigenvalue weighted by Crippen LogP contribution is 2.21. The zero-order valence-corrected chi connectivity index (χ0v) is 14.7. The highest BCUT2D eigenvalue weighted by atomic mass is 16.5.